The third-order valence-corrected chi connectivity index (χ3v) is 10.1. The molecule has 2 N–H and O–H groups in total. The van der Waals surface area contributed by atoms with Crippen LogP contribution < -0.4 is 4.74 Å². The minimum absolute atomic E-state index is 0.0565. The van der Waals surface area contributed by atoms with Gasteiger partial charge in [-0.15, -0.1) is 0 Å². The van der Waals surface area contributed by atoms with E-state index in [2.05, 4.69) is 17.0 Å². The fraction of sp³-hybridized carbons (Fsp3) is 0.567. The third-order valence-electron chi connectivity index (χ3n) is 10.1. The molecule has 1 spiro atoms. The number of rotatable bonds is 6. The molecular weight excluding hydrogens is 452 g/mol. The molecule has 0 aromatic heterocycles. The van der Waals surface area contributed by atoms with Crippen molar-refractivity contribution in [2.75, 3.05) is 20.1 Å². The second-order valence-corrected chi connectivity index (χ2v) is 11.9. The Balaban J connectivity index is 1.23. The molecule has 1 saturated heterocycles. The Kier molecular flexibility index (Phi) is 5.00. The number of benzene rings is 2. The number of nitrogens with zero attached hydrogens (tertiary/aromatic N) is 2. The molecular formula is C30H36N2O4. The van der Waals surface area contributed by atoms with Crippen LogP contribution in [0, 0.1) is 5.92 Å². The summed E-state index contributed by atoms with van der Waals surface area (Å²) in [6, 6.07) is 13.8. The molecule has 2 aliphatic heterocycles. The van der Waals surface area contributed by atoms with Gasteiger partial charge in [-0.1, -0.05) is 36.4 Å². The van der Waals surface area contributed by atoms with Crippen molar-refractivity contribution in [1.29, 1.82) is 0 Å². The monoisotopic (exact) mass is 488 g/mol. The smallest absolute Gasteiger partial charge is 0.223 e. The molecule has 2 aromatic rings. The summed E-state index contributed by atoms with van der Waals surface area (Å²) in [7, 11) is 1.90. The van der Waals surface area contributed by atoms with E-state index in [9.17, 15) is 15.0 Å². The molecule has 5 atom stereocenters. The zero-order valence-corrected chi connectivity index (χ0v) is 21.0. The first-order chi connectivity index (χ1) is 17.4. The van der Waals surface area contributed by atoms with E-state index in [4.69, 9.17) is 4.74 Å². The highest BCUT2D eigenvalue weighted by Crippen LogP contribution is 2.66. The minimum Gasteiger partial charge on any atom is -0.504 e. The third kappa shape index (κ3) is 3.07. The van der Waals surface area contributed by atoms with Gasteiger partial charge in [0.05, 0.1) is 17.1 Å². The molecule has 3 aliphatic carbocycles. The first kappa shape index (κ1) is 22.6. The molecule has 0 radical (unpaired) electrons. The quantitative estimate of drug-likeness (QED) is 0.652. The predicted octanol–water partition coefficient (Wildman–Crippen LogP) is 3.42. The fourth-order valence-electron chi connectivity index (χ4n) is 8.11. The molecule has 2 bridgehead atoms. The van der Waals surface area contributed by atoms with Crippen molar-refractivity contribution >= 4 is 5.91 Å². The largest absolute Gasteiger partial charge is 0.504 e. The van der Waals surface area contributed by atoms with Crippen molar-refractivity contribution < 1.29 is 19.7 Å². The molecule has 1 amide bonds. The van der Waals surface area contributed by atoms with Crippen molar-refractivity contribution in [2.45, 2.75) is 80.6 Å². The molecule has 5 aliphatic rings. The summed E-state index contributed by atoms with van der Waals surface area (Å²) in [5, 5.41) is 23.4. The van der Waals surface area contributed by atoms with Crippen LogP contribution in [0.25, 0.3) is 0 Å². The normalized spacial score (nSPS) is 34.1. The molecule has 3 fully saturated rings. The SMILES string of the molecule is CN(C(=O)CCc1ccccc1)[C@H]1CC[C@@]2(O)[C@@H]3Cc4ccc(O)c5c4[C@@]2(CCN3CC2CC2)[C@H]1O5. The second kappa shape index (κ2) is 7.96. The van der Waals surface area contributed by atoms with E-state index in [1.807, 2.05) is 36.2 Å². The first-order valence-electron chi connectivity index (χ1n) is 13.7. The molecule has 7 rings (SSSR count). The summed E-state index contributed by atoms with van der Waals surface area (Å²) < 4.78 is 6.63. The minimum atomic E-state index is -0.915. The van der Waals surface area contributed by atoms with Crippen molar-refractivity contribution in [3.8, 4) is 11.5 Å². The Morgan fingerprint density at radius 1 is 1.14 bits per heavy atom. The second-order valence-electron chi connectivity index (χ2n) is 11.9. The fourth-order valence-corrected chi connectivity index (χ4v) is 8.11. The molecule has 190 valence electrons. The average molecular weight is 489 g/mol. The highest BCUT2D eigenvalue weighted by atomic mass is 16.5. The van der Waals surface area contributed by atoms with Gasteiger partial charge in [-0.2, -0.15) is 0 Å². The van der Waals surface area contributed by atoms with E-state index in [0.717, 1.165) is 43.0 Å². The van der Waals surface area contributed by atoms with Gasteiger partial charge >= 0.3 is 0 Å². The van der Waals surface area contributed by atoms with Gasteiger partial charge < -0.3 is 19.8 Å². The van der Waals surface area contributed by atoms with Crippen LogP contribution in [0.15, 0.2) is 42.5 Å². The van der Waals surface area contributed by atoms with Gasteiger partial charge in [-0.3, -0.25) is 9.69 Å². The van der Waals surface area contributed by atoms with Crippen LogP contribution in [-0.4, -0.2) is 69.8 Å². The van der Waals surface area contributed by atoms with Crippen LogP contribution in [0.1, 0.15) is 55.2 Å². The van der Waals surface area contributed by atoms with Crippen LogP contribution in [0.2, 0.25) is 0 Å². The summed E-state index contributed by atoms with van der Waals surface area (Å²) in [5.74, 6) is 1.56. The molecule has 2 saturated carbocycles. The van der Waals surface area contributed by atoms with Gasteiger partial charge in [0.25, 0.3) is 0 Å². The van der Waals surface area contributed by atoms with Crippen molar-refractivity contribution in [1.82, 2.24) is 9.80 Å². The number of hydrogen-bond donors (Lipinski definition) is 2. The van der Waals surface area contributed by atoms with E-state index in [1.54, 1.807) is 6.07 Å². The predicted molar refractivity (Wildman–Crippen MR) is 136 cm³/mol. The van der Waals surface area contributed by atoms with Gasteiger partial charge in [-0.05, 0) is 74.6 Å². The average Bonchev–Trinajstić information content (AvgIpc) is 3.63. The highest BCUT2D eigenvalue weighted by molar-refractivity contribution is 5.77. The van der Waals surface area contributed by atoms with Crippen LogP contribution in [0.5, 0.6) is 11.5 Å². The van der Waals surface area contributed by atoms with Gasteiger partial charge in [0, 0.05) is 31.6 Å². The Morgan fingerprint density at radius 3 is 2.72 bits per heavy atom. The summed E-state index contributed by atoms with van der Waals surface area (Å²) in [4.78, 5) is 17.8. The van der Waals surface area contributed by atoms with Crippen LogP contribution in [0.4, 0.5) is 0 Å². The van der Waals surface area contributed by atoms with Gasteiger partial charge in [-0.25, -0.2) is 0 Å². The van der Waals surface area contributed by atoms with E-state index in [-0.39, 0.29) is 29.8 Å². The lowest BCUT2D eigenvalue weighted by Gasteiger charge is -2.64. The molecule has 6 nitrogen and oxygen atoms in total. The molecule has 2 aromatic carbocycles. The molecule has 0 unspecified atom stereocenters. The number of likely N-dealkylation sites (N-methyl/N-ethyl adjacent to an activating group) is 1. The number of carbonyl (C=O) groups excluding carboxylic acids is 1. The lowest BCUT2D eigenvalue weighted by Crippen LogP contribution is -2.78. The van der Waals surface area contributed by atoms with Gasteiger partial charge in [0.15, 0.2) is 11.5 Å². The highest BCUT2D eigenvalue weighted by Gasteiger charge is 2.73. The van der Waals surface area contributed by atoms with E-state index < -0.39 is 11.0 Å². The number of hydrogen-bond acceptors (Lipinski definition) is 5. The number of piperidine rings is 1. The zero-order chi connectivity index (χ0) is 24.7. The Hall–Kier alpha value is -2.57. The Bertz CT molecular complexity index is 1200. The number of phenols is 1. The molecule has 36 heavy (non-hydrogen) atoms. The number of aromatic hydroxyl groups is 1. The van der Waals surface area contributed by atoms with Crippen LogP contribution in [0.3, 0.4) is 0 Å². The number of likely N-dealkylation sites (tertiary alicyclic amines) is 1. The summed E-state index contributed by atoms with van der Waals surface area (Å²) in [6.07, 6.45) is 6.33. The van der Waals surface area contributed by atoms with Gasteiger partial charge in [0.1, 0.15) is 6.10 Å². The number of ether oxygens (including phenoxy) is 1. The van der Waals surface area contributed by atoms with Crippen LogP contribution in [-0.2, 0) is 23.1 Å². The standard InChI is InChI=1S/C30H36N2O4/c1-31(25(34)12-9-19-5-3-2-4-6-19)22-13-14-30(35)24-17-21-10-11-23(33)27-26(21)29(30,28(22)36-27)15-16-32(24)18-20-7-8-20/h2-6,10-11,20,22,24,28,33,35H,7-9,12-18H2,1H3/t22-,24-,28-,29-,30+/m0/s1. The summed E-state index contributed by atoms with van der Waals surface area (Å²) in [6.45, 7) is 1.99. The maximum absolute atomic E-state index is 13.4. The summed E-state index contributed by atoms with van der Waals surface area (Å²) in [5.41, 5.74) is 1.87. The van der Waals surface area contributed by atoms with Gasteiger partial charge in [0.2, 0.25) is 5.91 Å². The number of aryl methyl sites for hydroxylation is 1. The molecule has 6 heteroatoms. The van der Waals surface area contributed by atoms with Crippen molar-refractivity contribution in [3.63, 3.8) is 0 Å². The van der Waals surface area contributed by atoms with Crippen molar-refractivity contribution in [2.24, 2.45) is 5.92 Å². The number of carbonyl (C=O) groups is 1. The number of amides is 1. The lowest BCUT2D eigenvalue weighted by atomic mass is 9.48. The Morgan fingerprint density at radius 2 is 1.94 bits per heavy atom. The van der Waals surface area contributed by atoms with Crippen LogP contribution >= 0.6 is 0 Å². The number of aliphatic hydroxyl groups is 1. The lowest BCUT2D eigenvalue weighted by molar-refractivity contribution is -0.200. The van der Waals surface area contributed by atoms with E-state index in [1.165, 1.54) is 18.4 Å². The zero-order valence-electron chi connectivity index (χ0n) is 21.0. The summed E-state index contributed by atoms with van der Waals surface area (Å²) >= 11 is 0. The van der Waals surface area contributed by atoms with E-state index >= 15 is 0 Å². The Labute approximate surface area is 212 Å². The number of phenolic OH excluding ortho intramolecular Hbond substituents is 1. The molecule has 2 heterocycles. The van der Waals surface area contributed by atoms with Crippen molar-refractivity contribution in [3.05, 3.63) is 59.2 Å². The maximum Gasteiger partial charge on any atom is 0.223 e. The maximum atomic E-state index is 13.4. The van der Waals surface area contributed by atoms with E-state index in [0.29, 0.717) is 31.4 Å². The topological polar surface area (TPSA) is 73.2 Å². The first-order valence-corrected chi connectivity index (χ1v) is 13.7.